The van der Waals surface area contributed by atoms with Gasteiger partial charge in [-0.25, -0.2) is 0 Å². The molecule has 0 saturated carbocycles. The van der Waals surface area contributed by atoms with Crippen LogP contribution in [-0.2, 0) is 0 Å². The number of rotatable bonds is 3. The zero-order valence-corrected chi connectivity index (χ0v) is 10.6. The second-order valence-electron chi connectivity index (χ2n) is 3.72. The van der Waals surface area contributed by atoms with Gasteiger partial charge in [0.25, 0.3) is 5.91 Å². The number of anilines is 1. The van der Waals surface area contributed by atoms with E-state index in [0.717, 1.165) is 0 Å². The monoisotopic (exact) mass is 260 g/mol. The van der Waals surface area contributed by atoms with Crippen LogP contribution in [-0.4, -0.2) is 28.1 Å². The van der Waals surface area contributed by atoms with Gasteiger partial charge < -0.3 is 10.6 Å². The van der Waals surface area contributed by atoms with Crippen LogP contribution in [0.5, 0.6) is 0 Å². The first-order valence-corrected chi connectivity index (χ1v) is 5.68. The van der Waals surface area contributed by atoms with E-state index in [1.54, 1.807) is 25.2 Å². The Labute approximate surface area is 110 Å². The van der Waals surface area contributed by atoms with Gasteiger partial charge >= 0.3 is 0 Å². The van der Waals surface area contributed by atoms with Crippen molar-refractivity contribution >= 4 is 28.8 Å². The number of benzene rings is 1. The molecule has 0 aliphatic heterocycles. The third-order valence-electron chi connectivity index (χ3n) is 2.57. The Bertz CT molecular complexity index is 580. The highest BCUT2D eigenvalue weighted by atomic mass is 32.1. The molecule has 0 bridgehead atoms. The van der Waals surface area contributed by atoms with E-state index in [0.29, 0.717) is 16.9 Å². The number of nitrogens with zero attached hydrogens (tertiary/aromatic N) is 2. The predicted molar refractivity (Wildman–Crippen MR) is 73.7 cm³/mol. The van der Waals surface area contributed by atoms with Crippen LogP contribution < -0.4 is 10.6 Å². The highest BCUT2D eigenvalue weighted by Gasteiger charge is 2.17. The summed E-state index contributed by atoms with van der Waals surface area (Å²) < 4.78 is 0. The van der Waals surface area contributed by atoms with Crippen molar-refractivity contribution in [1.82, 2.24) is 10.2 Å². The topological polar surface area (TPSA) is 75.0 Å². The molecule has 2 aromatic rings. The predicted octanol–water partition coefficient (Wildman–Crippen LogP) is 1.32. The number of carbonyl (C=O) groups is 1. The molecule has 6 heteroatoms. The maximum atomic E-state index is 12.2. The van der Waals surface area contributed by atoms with Crippen molar-refractivity contribution in [2.24, 2.45) is 5.73 Å². The fourth-order valence-electron chi connectivity index (χ4n) is 1.64. The van der Waals surface area contributed by atoms with Crippen LogP contribution in [0.4, 0.5) is 5.69 Å². The summed E-state index contributed by atoms with van der Waals surface area (Å²) in [6.07, 6.45) is 1.53. The second-order valence-corrected chi connectivity index (χ2v) is 4.16. The lowest BCUT2D eigenvalue weighted by Crippen LogP contribution is -2.29. The molecule has 1 amide bonds. The maximum absolute atomic E-state index is 12.2. The lowest BCUT2D eigenvalue weighted by Gasteiger charge is -2.19. The summed E-state index contributed by atoms with van der Waals surface area (Å²) in [5.74, 6) is -0.198. The highest BCUT2D eigenvalue weighted by molar-refractivity contribution is 7.80. The van der Waals surface area contributed by atoms with E-state index < -0.39 is 0 Å². The van der Waals surface area contributed by atoms with Crippen molar-refractivity contribution in [2.45, 2.75) is 0 Å². The molecule has 0 fully saturated rings. The van der Waals surface area contributed by atoms with Crippen molar-refractivity contribution < 1.29 is 4.79 Å². The number of carbonyl (C=O) groups excluding carboxylic acids is 1. The molecule has 1 heterocycles. The van der Waals surface area contributed by atoms with Crippen LogP contribution >= 0.6 is 12.2 Å². The van der Waals surface area contributed by atoms with Gasteiger partial charge in [0.15, 0.2) is 0 Å². The molecule has 0 saturated heterocycles. The van der Waals surface area contributed by atoms with Gasteiger partial charge in [0.1, 0.15) is 10.7 Å². The van der Waals surface area contributed by atoms with Gasteiger partial charge in [-0.05, 0) is 18.2 Å². The molecule has 0 aliphatic rings. The number of para-hydroxylation sites is 1. The summed E-state index contributed by atoms with van der Waals surface area (Å²) in [4.78, 5) is 13.9. The molecular weight excluding hydrogens is 248 g/mol. The Morgan fingerprint density at radius 2 is 2.11 bits per heavy atom. The van der Waals surface area contributed by atoms with Gasteiger partial charge in [-0.2, -0.15) is 5.10 Å². The summed E-state index contributed by atoms with van der Waals surface area (Å²) >= 11 is 4.98. The molecule has 0 spiro atoms. The van der Waals surface area contributed by atoms with E-state index in [4.69, 9.17) is 18.0 Å². The minimum absolute atomic E-state index is 0.198. The Hall–Kier alpha value is -2.21. The Morgan fingerprint density at radius 3 is 2.72 bits per heavy atom. The Balaban J connectivity index is 2.37. The molecule has 1 aromatic carbocycles. The van der Waals surface area contributed by atoms with E-state index >= 15 is 0 Å². The Morgan fingerprint density at radius 1 is 1.39 bits per heavy atom. The van der Waals surface area contributed by atoms with Crippen LogP contribution in [0.2, 0.25) is 0 Å². The van der Waals surface area contributed by atoms with Gasteiger partial charge in [0, 0.05) is 18.8 Å². The molecule has 18 heavy (non-hydrogen) atoms. The summed E-state index contributed by atoms with van der Waals surface area (Å²) in [6, 6.07) is 8.85. The normalized spacial score (nSPS) is 10.1. The van der Waals surface area contributed by atoms with Crippen LogP contribution in [0, 0.1) is 0 Å². The standard InChI is InChI=1S/C12H12N4OS/c1-16(12(17)9-6-7-14-15-9)10-5-3-2-4-8(10)11(13)18/h2-7H,1H3,(H2,13,18)(H,14,15). The van der Waals surface area contributed by atoms with E-state index in [9.17, 15) is 4.79 Å². The number of hydrogen-bond acceptors (Lipinski definition) is 3. The van der Waals surface area contributed by atoms with Gasteiger partial charge in [-0.15, -0.1) is 0 Å². The van der Waals surface area contributed by atoms with Crippen LogP contribution in [0.3, 0.4) is 0 Å². The van der Waals surface area contributed by atoms with Crippen molar-refractivity contribution in [3.8, 4) is 0 Å². The molecule has 1 aromatic heterocycles. The summed E-state index contributed by atoms with van der Waals surface area (Å²) in [7, 11) is 1.67. The fraction of sp³-hybridized carbons (Fsp3) is 0.0833. The van der Waals surface area contributed by atoms with Gasteiger partial charge in [-0.1, -0.05) is 24.4 Å². The van der Waals surface area contributed by atoms with Crippen LogP contribution in [0.1, 0.15) is 16.1 Å². The summed E-state index contributed by atoms with van der Waals surface area (Å²) in [5.41, 5.74) is 7.40. The second kappa shape index (κ2) is 4.97. The van der Waals surface area contributed by atoms with E-state index in [2.05, 4.69) is 10.2 Å². The fourth-order valence-corrected chi connectivity index (χ4v) is 1.81. The molecule has 5 nitrogen and oxygen atoms in total. The Kier molecular flexibility index (Phi) is 3.38. The largest absolute Gasteiger partial charge is 0.389 e. The van der Waals surface area contributed by atoms with Crippen LogP contribution in [0.15, 0.2) is 36.5 Å². The molecule has 0 atom stereocenters. The molecule has 0 unspecified atom stereocenters. The average Bonchev–Trinajstić information content (AvgIpc) is 2.90. The number of thiocarbonyl (C=S) groups is 1. The highest BCUT2D eigenvalue weighted by Crippen LogP contribution is 2.20. The molecule has 3 N–H and O–H groups in total. The van der Waals surface area contributed by atoms with E-state index in [-0.39, 0.29) is 10.9 Å². The summed E-state index contributed by atoms with van der Waals surface area (Å²) in [5, 5.41) is 6.38. The van der Waals surface area contributed by atoms with Crippen molar-refractivity contribution in [2.75, 3.05) is 11.9 Å². The number of amides is 1. The summed E-state index contributed by atoms with van der Waals surface area (Å²) in [6.45, 7) is 0. The minimum Gasteiger partial charge on any atom is -0.389 e. The first kappa shape index (κ1) is 12.3. The molecule has 2 rings (SSSR count). The van der Waals surface area contributed by atoms with Crippen molar-refractivity contribution in [1.29, 1.82) is 0 Å². The lowest BCUT2D eigenvalue weighted by molar-refractivity contribution is 0.0988. The van der Waals surface area contributed by atoms with E-state index in [1.807, 2.05) is 12.1 Å². The third-order valence-corrected chi connectivity index (χ3v) is 2.79. The molecule has 0 aliphatic carbocycles. The zero-order chi connectivity index (χ0) is 13.1. The van der Waals surface area contributed by atoms with Gasteiger partial charge in [0.2, 0.25) is 0 Å². The zero-order valence-electron chi connectivity index (χ0n) is 9.75. The van der Waals surface area contributed by atoms with E-state index in [1.165, 1.54) is 11.1 Å². The SMILES string of the molecule is CN(C(=O)c1ccn[nH]1)c1ccccc1C(N)=S. The number of hydrogen-bond donors (Lipinski definition) is 2. The third kappa shape index (κ3) is 2.23. The number of nitrogens with one attached hydrogen (secondary N) is 1. The quantitative estimate of drug-likeness (QED) is 0.816. The number of H-pyrrole nitrogens is 1. The van der Waals surface area contributed by atoms with Gasteiger partial charge in [-0.3, -0.25) is 9.89 Å². The lowest BCUT2D eigenvalue weighted by atomic mass is 10.1. The first-order valence-electron chi connectivity index (χ1n) is 5.27. The minimum atomic E-state index is -0.198. The smallest absolute Gasteiger partial charge is 0.276 e. The maximum Gasteiger partial charge on any atom is 0.276 e. The average molecular weight is 260 g/mol. The molecule has 92 valence electrons. The van der Waals surface area contributed by atoms with Crippen molar-refractivity contribution in [3.05, 3.63) is 47.8 Å². The molecular formula is C12H12N4OS. The van der Waals surface area contributed by atoms with Crippen molar-refractivity contribution in [3.63, 3.8) is 0 Å². The number of nitrogens with two attached hydrogens (primary N) is 1. The first-order chi connectivity index (χ1) is 8.61. The number of aromatic amines is 1. The van der Waals surface area contributed by atoms with Gasteiger partial charge in [0.05, 0.1) is 5.69 Å². The number of aromatic nitrogens is 2. The molecule has 0 radical (unpaired) electrons. The van der Waals surface area contributed by atoms with Crippen LogP contribution in [0.25, 0.3) is 0 Å².